The van der Waals surface area contributed by atoms with Crippen LogP contribution in [0.25, 0.3) is 0 Å². The number of rotatable bonds is 6. The molecule has 0 amide bonds. The maximum Gasteiger partial charge on any atom is 0.335 e. The summed E-state index contributed by atoms with van der Waals surface area (Å²) in [5.74, 6) is -0.230. The Morgan fingerprint density at radius 1 is 1.47 bits per heavy atom. The molecule has 19 heavy (non-hydrogen) atoms. The Kier molecular flexibility index (Phi) is 5.36. The van der Waals surface area contributed by atoms with Gasteiger partial charge in [-0.2, -0.15) is 0 Å². The molecule has 2 rings (SSSR count). The largest absolute Gasteiger partial charge is 0.459 e. The summed E-state index contributed by atoms with van der Waals surface area (Å²) >= 11 is 0. The first-order chi connectivity index (χ1) is 9.25. The van der Waals surface area contributed by atoms with Crippen molar-refractivity contribution < 1.29 is 14.3 Å². The molecule has 0 aromatic heterocycles. The lowest BCUT2D eigenvalue weighted by atomic mass is 10.2. The third-order valence-electron chi connectivity index (χ3n) is 3.11. The molecule has 1 saturated heterocycles. The summed E-state index contributed by atoms with van der Waals surface area (Å²) in [6.45, 7) is 3.99. The molecular formula is C15H21NO3. The van der Waals surface area contributed by atoms with Gasteiger partial charge in [-0.15, -0.1) is 0 Å². The van der Waals surface area contributed by atoms with Crippen molar-refractivity contribution in [1.29, 1.82) is 0 Å². The van der Waals surface area contributed by atoms with Gasteiger partial charge >= 0.3 is 5.97 Å². The Balaban J connectivity index is 1.64. The van der Waals surface area contributed by atoms with Gasteiger partial charge in [0.05, 0.1) is 0 Å². The molecule has 1 heterocycles. The van der Waals surface area contributed by atoms with E-state index in [2.05, 4.69) is 17.4 Å². The van der Waals surface area contributed by atoms with Gasteiger partial charge in [0.1, 0.15) is 6.10 Å². The molecule has 1 fully saturated rings. The summed E-state index contributed by atoms with van der Waals surface area (Å²) in [6, 6.07) is 10.2. The maximum atomic E-state index is 11.7. The van der Waals surface area contributed by atoms with Gasteiger partial charge in [-0.3, -0.25) is 0 Å². The van der Waals surface area contributed by atoms with Crippen molar-refractivity contribution in [2.24, 2.45) is 0 Å². The Morgan fingerprint density at radius 3 is 2.95 bits per heavy atom. The van der Waals surface area contributed by atoms with Crippen molar-refractivity contribution in [3.8, 4) is 0 Å². The Morgan fingerprint density at radius 2 is 2.26 bits per heavy atom. The molecule has 0 bridgehead atoms. The second-order valence-electron chi connectivity index (χ2n) is 4.87. The van der Waals surface area contributed by atoms with E-state index in [0.29, 0.717) is 13.2 Å². The fraction of sp³-hybridized carbons (Fsp3) is 0.533. The topological polar surface area (TPSA) is 47.6 Å². The number of nitrogens with one attached hydrogen (secondary N) is 1. The molecule has 4 heteroatoms. The summed E-state index contributed by atoms with van der Waals surface area (Å²) in [5.41, 5.74) is 1.22. The van der Waals surface area contributed by atoms with Crippen molar-refractivity contribution in [2.75, 3.05) is 13.2 Å². The zero-order valence-electron chi connectivity index (χ0n) is 11.3. The lowest BCUT2D eigenvalue weighted by Gasteiger charge is -2.16. The van der Waals surface area contributed by atoms with Crippen LogP contribution in [-0.4, -0.2) is 31.3 Å². The molecular weight excluding hydrogens is 242 g/mol. The minimum atomic E-state index is -0.350. The van der Waals surface area contributed by atoms with Crippen molar-refractivity contribution >= 4 is 5.97 Å². The monoisotopic (exact) mass is 263 g/mol. The number of hydrogen-bond donors (Lipinski definition) is 1. The number of ether oxygens (including phenoxy) is 2. The molecule has 4 nitrogen and oxygen atoms in total. The van der Waals surface area contributed by atoms with Crippen molar-refractivity contribution in [3.63, 3.8) is 0 Å². The fourth-order valence-electron chi connectivity index (χ4n) is 2.10. The van der Waals surface area contributed by atoms with Crippen LogP contribution in [0.4, 0.5) is 0 Å². The number of esters is 1. The first kappa shape index (κ1) is 14.0. The van der Waals surface area contributed by atoms with Crippen LogP contribution in [0.1, 0.15) is 25.3 Å². The van der Waals surface area contributed by atoms with Crippen LogP contribution in [0.3, 0.4) is 0 Å². The van der Waals surface area contributed by atoms with E-state index in [-0.39, 0.29) is 18.2 Å². The minimum Gasteiger partial charge on any atom is -0.459 e. The highest BCUT2D eigenvalue weighted by Crippen LogP contribution is 2.14. The van der Waals surface area contributed by atoms with E-state index in [0.717, 1.165) is 19.4 Å². The highest BCUT2D eigenvalue weighted by molar-refractivity contribution is 5.75. The number of hydrogen-bond acceptors (Lipinski definition) is 4. The van der Waals surface area contributed by atoms with E-state index >= 15 is 0 Å². The van der Waals surface area contributed by atoms with E-state index < -0.39 is 0 Å². The zero-order chi connectivity index (χ0) is 13.5. The van der Waals surface area contributed by atoms with E-state index in [1.54, 1.807) is 0 Å². The van der Waals surface area contributed by atoms with Crippen LogP contribution in [-0.2, 0) is 20.8 Å². The van der Waals surface area contributed by atoms with Gasteiger partial charge in [0.25, 0.3) is 0 Å². The first-order valence-corrected chi connectivity index (χ1v) is 6.82. The summed E-state index contributed by atoms with van der Waals surface area (Å²) in [4.78, 5) is 11.7. The standard InChI is InChI=1S/C15H21NO3/c1-12(19-15(17)14-8-5-9-18-14)10-16-11-13-6-3-2-4-7-13/h2-4,6-7,12,14,16H,5,8-11H2,1H3. The summed E-state index contributed by atoms with van der Waals surface area (Å²) < 4.78 is 10.6. The molecule has 0 saturated carbocycles. The second kappa shape index (κ2) is 7.26. The Bertz CT molecular complexity index is 388. The molecule has 2 atom stereocenters. The predicted molar refractivity (Wildman–Crippen MR) is 72.7 cm³/mol. The predicted octanol–water partition coefficient (Wildman–Crippen LogP) is 1.89. The average Bonchev–Trinajstić information content (AvgIpc) is 2.94. The molecule has 1 aromatic carbocycles. The summed E-state index contributed by atoms with van der Waals surface area (Å²) in [5, 5.41) is 3.28. The summed E-state index contributed by atoms with van der Waals surface area (Å²) in [7, 11) is 0. The zero-order valence-corrected chi connectivity index (χ0v) is 11.3. The van der Waals surface area contributed by atoms with Gasteiger partial charge in [-0.05, 0) is 25.3 Å². The van der Waals surface area contributed by atoms with Gasteiger partial charge in [0.15, 0.2) is 6.10 Å². The van der Waals surface area contributed by atoms with Crippen LogP contribution in [0.15, 0.2) is 30.3 Å². The third kappa shape index (κ3) is 4.65. The number of carbonyl (C=O) groups excluding carboxylic acids is 1. The van der Waals surface area contributed by atoms with E-state index in [4.69, 9.17) is 9.47 Å². The smallest absolute Gasteiger partial charge is 0.335 e. The van der Waals surface area contributed by atoms with Crippen molar-refractivity contribution in [3.05, 3.63) is 35.9 Å². The average molecular weight is 263 g/mol. The van der Waals surface area contributed by atoms with Gasteiger partial charge in [0, 0.05) is 19.7 Å². The van der Waals surface area contributed by atoms with Gasteiger partial charge in [-0.1, -0.05) is 30.3 Å². The van der Waals surface area contributed by atoms with E-state index in [9.17, 15) is 4.79 Å². The summed E-state index contributed by atoms with van der Waals surface area (Å²) in [6.07, 6.45) is 1.24. The highest BCUT2D eigenvalue weighted by Gasteiger charge is 2.26. The minimum absolute atomic E-state index is 0.139. The van der Waals surface area contributed by atoms with E-state index in [1.807, 2.05) is 25.1 Å². The Hall–Kier alpha value is -1.39. The van der Waals surface area contributed by atoms with Gasteiger partial charge in [-0.25, -0.2) is 4.79 Å². The van der Waals surface area contributed by atoms with Crippen LogP contribution >= 0.6 is 0 Å². The Labute approximate surface area is 114 Å². The SMILES string of the molecule is CC(CNCc1ccccc1)OC(=O)C1CCCO1. The van der Waals surface area contributed by atoms with Crippen LogP contribution in [0.5, 0.6) is 0 Å². The molecule has 1 aromatic rings. The maximum absolute atomic E-state index is 11.7. The molecule has 0 aliphatic carbocycles. The first-order valence-electron chi connectivity index (χ1n) is 6.82. The lowest BCUT2D eigenvalue weighted by molar-refractivity contribution is -0.158. The highest BCUT2D eigenvalue weighted by atomic mass is 16.6. The number of benzene rings is 1. The lowest BCUT2D eigenvalue weighted by Crippen LogP contribution is -2.32. The fourth-order valence-corrected chi connectivity index (χ4v) is 2.10. The van der Waals surface area contributed by atoms with Crippen LogP contribution < -0.4 is 5.32 Å². The molecule has 0 radical (unpaired) electrons. The molecule has 104 valence electrons. The van der Waals surface area contributed by atoms with Crippen molar-refractivity contribution in [1.82, 2.24) is 5.32 Å². The second-order valence-corrected chi connectivity index (χ2v) is 4.87. The van der Waals surface area contributed by atoms with E-state index in [1.165, 1.54) is 5.56 Å². The molecule has 1 aliphatic rings. The van der Waals surface area contributed by atoms with Crippen LogP contribution in [0.2, 0.25) is 0 Å². The molecule has 0 spiro atoms. The molecule has 2 unspecified atom stereocenters. The normalized spacial score (nSPS) is 20.2. The van der Waals surface area contributed by atoms with Crippen molar-refractivity contribution in [2.45, 2.75) is 38.5 Å². The molecule has 1 aliphatic heterocycles. The van der Waals surface area contributed by atoms with Crippen LogP contribution in [0, 0.1) is 0 Å². The number of carbonyl (C=O) groups is 1. The van der Waals surface area contributed by atoms with Gasteiger partial charge in [0.2, 0.25) is 0 Å². The van der Waals surface area contributed by atoms with Gasteiger partial charge < -0.3 is 14.8 Å². The quantitative estimate of drug-likeness (QED) is 0.796. The third-order valence-corrected chi connectivity index (χ3v) is 3.11. The molecule has 1 N–H and O–H groups in total.